The molecule has 0 aliphatic carbocycles. The molecular formula is C30H18F14O2. The van der Waals surface area contributed by atoms with Crippen molar-refractivity contribution in [2.45, 2.75) is 39.1 Å². The quantitative estimate of drug-likeness (QED) is 0.173. The fourth-order valence-corrected chi connectivity index (χ4v) is 4.11. The maximum atomic E-state index is 14.6. The van der Waals surface area contributed by atoms with Gasteiger partial charge >= 0.3 is 18.4 Å². The van der Waals surface area contributed by atoms with E-state index in [0.29, 0.717) is 36.4 Å². The zero-order chi connectivity index (χ0) is 36.4. The maximum Gasteiger partial charge on any atom is 0.432 e. The van der Waals surface area contributed by atoms with Crippen molar-refractivity contribution in [2.75, 3.05) is 0 Å². The van der Waals surface area contributed by atoms with Gasteiger partial charge in [-0.15, -0.1) is 0 Å². The predicted octanol–water partition coefficient (Wildman–Crippen LogP) is 10.5. The summed E-state index contributed by atoms with van der Waals surface area (Å²) in [5.41, 5.74) is -7.06. The third-order valence-electron chi connectivity index (χ3n) is 6.19. The van der Waals surface area contributed by atoms with Gasteiger partial charge in [0.25, 0.3) is 0 Å². The summed E-state index contributed by atoms with van der Waals surface area (Å²) in [6.07, 6.45) is -15.6. The number of alkyl halides is 7. The minimum absolute atomic E-state index is 0.190. The van der Waals surface area contributed by atoms with Crippen LogP contribution < -0.4 is 9.47 Å². The van der Waals surface area contributed by atoms with E-state index in [9.17, 15) is 61.5 Å². The standard InChI is InChI=1S/C29H14F14O2.CH4/c1-12-18(30)8-15(9-19(12)31)45-29(42,43)26-21(33)6-14(7-22(26)34)4-13-2-3-17(20(32)5-13)28(40,41)44-16-10-23(35)25(24(36)11-16)27(37,38)39;/h2-3,5-11H,4H2,1H3;1H4/i;1T2. The molecule has 4 aromatic rings. The largest absolute Gasteiger partial charge is 0.432 e. The van der Waals surface area contributed by atoms with Crippen LogP contribution in [0.2, 0.25) is 0 Å². The molecule has 4 aromatic carbocycles. The molecule has 0 aliphatic heterocycles. The van der Waals surface area contributed by atoms with E-state index in [1.165, 1.54) is 0 Å². The van der Waals surface area contributed by atoms with Crippen molar-refractivity contribution < 1.29 is 73.7 Å². The lowest BCUT2D eigenvalue weighted by molar-refractivity contribution is -0.190. The van der Waals surface area contributed by atoms with Crippen LogP contribution in [-0.4, -0.2) is 0 Å². The number of halogens is 14. The molecule has 46 heavy (non-hydrogen) atoms. The Kier molecular flexibility index (Phi) is 9.09. The molecule has 4 rings (SSSR count). The highest BCUT2D eigenvalue weighted by Gasteiger charge is 2.43. The van der Waals surface area contributed by atoms with Crippen molar-refractivity contribution >= 4 is 0 Å². The Bertz CT molecular complexity index is 1730. The molecule has 0 atom stereocenters. The zero-order valence-corrected chi connectivity index (χ0v) is 22.7. The fraction of sp³-hybridized carbons (Fsp3) is 0.200. The molecule has 0 N–H and O–H groups in total. The lowest BCUT2D eigenvalue weighted by atomic mass is 10.0. The van der Waals surface area contributed by atoms with Gasteiger partial charge in [-0.25, -0.2) is 30.7 Å². The van der Waals surface area contributed by atoms with Gasteiger partial charge in [0.2, 0.25) is 0 Å². The molecular weight excluding hydrogens is 658 g/mol. The number of benzene rings is 4. The molecule has 0 amide bonds. The van der Waals surface area contributed by atoms with E-state index in [1.54, 1.807) is 0 Å². The van der Waals surface area contributed by atoms with Crippen LogP contribution in [0.15, 0.2) is 54.6 Å². The van der Waals surface area contributed by atoms with E-state index >= 15 is 0 Å². The third kappa shape index (κ3) is 7.48. The van der Waals surface area contributed by atoms with Crippen molar-refractivity contribution in [1.29, 1.82) is 0 Å². The molecule has 16 heteroatoms. The van der Waals surface area contributed by atoms with Crippen LogP contribution in [0.4, 0.5) is 61.5 Å². The zero-order valence-electron chi connectivity index (χ0n) is 24.7. The first-order valence-corrected chi connectivity index (χ1v) is 12.1. The lowest BCUT2D eigenvalue weighted by Crippen LogP contribution is -2.25. The summed E-state index contributed by atoms with van der Waals surface area (Å²) < 4.78 is 215. The lowest BCUT2D eigenvalue weighted by Gasteiger charge is -2.21. The molecule has 0 saturated carbocycles. The Balaban J connectivity index is 0.00000201. The number of hydrogen-bond acceptors (Lipinski definition) is 2. The average Bonchev–Trinajstić information content (AvgIpc) is 2.89. The van der Waals surface area contributed by atoms with Gasteiger partial charge in [0.05, 0.1) is 5.56 Å². The Labute approximate surface area is 253 Å². The number of rotatable bonds is 8. The van der Waals surface area contributed by atoms with Crippen molar-refractivity contribution in [1.82, 2.24) is 0 Å². The van der Waals surface area contributed by atoms with Crippen LogP contribution in [-0.2, 0) is 24.8 Å². The highest BCUT2D eigenvalue weighted by Crippen LogP contribution is 2.40. The molecule has 0 saturated heterocycles. The molecule has 0 aliphatic rings. The highest BCUT2D eigenvalue weighted by molar-refractivity contribution is 5.37. The molecule has 0 aromatic heterocycles. The van der Waals surface area contributed by atoms with Gasteiger partial charge in [-0.1, -0.05) is 13.4 Å². The Morgan fingerprint density at radius 1 is 0.565 bits per heavy atom. The van der Waals surface area contributed by atoms with Gasteiger partial charge in [0.15, 0.2) is 0 Å². The summed E-state index contributed by atoms with van der Waals surface area (Å²) >= 11 is 0. The van der Waals surface area contributed by atoms with Crippen LogP contribution in [0.25, 0.3) is 0 Å². The third-order valence-corrected chi connectivity index (χ3v) is 6.19. The van der Waals surface area contributed by atoms with E-state index in [0.717, 1.165) is 13.0 Å². The van der Waals surface area contributed by atoms with Gasteiger partial charge in [0, 0.05) is 32.6 Å². The van der Waals surface area contributed by atoms with Crippen LogP contribution >= 0.6 is 0 Å². The molecule has 0 unspecified atom stereocenters. The Morgan fingerprint density at radius 3 is 1.43 bits per heavy atom. The summed E-state index contributed by atoms with van der Waals surface area (Å²) in [5.74, 6) is -15.1. The summed E-state index contributed by atoms with van der Waals surface area (Å²) in [6.45, 7) is 0.997. The smallest absolute Gasteiger partial charge is 0.429 e. The van der Waals surface area contributed by atoms with Gasteiger partial charge in [-0.05, 0) is 48.7 Å². The first-order valence-electron chi connectivity index (χ1n) is 13.5. The molecule has 0 fully saturated rings. The van der Waals surface area contributed by atoms with Crippen LogP contribution in [0, 0.1) is 47.6 Å². The minimum atomic E-state index is -5.50. The second-order valence-electron chi connectivity index (χ2n) is 9.43. The highest BCUT2D eigenvalue weighted by atomic mass is 19.4. The molecule has 248 valence electrons. The van der Waals surface area contributed by atoms with Crippen molar-refractivity contribution in [2.24, 2.45) is 0 Å². The number of hydrogen-bond donors (Lipinski definition) is 0. The predicted molar refractivity (Wildman–Crippen MR) is 134 cm³/mol. The van der Waals surface area contributed by atoms with Gasteiger partial charge < -0.3 is 9.47 Å². The van der Waals surface area contributed by atoms with Gasteiger partial charge in [0.1, 0.15) is 63.3 Å². The van der Waals surface area contributed by atoms with Gasteiger partial charge in [-0.2, -0.15) is 30.7 Å². The first kappa shape index (κ1) is 32.9. The monoisotopic (exact) mass is 680 g/mol. The molecule has 0 bridgehead atoms. The van der Waals surface area contributed by atoms with Crippen molar-refractivity contribution in [3.05, 3.63) is 129 Å². The molecule has 2 nitrogen and oxygen atoms in total. The van der Waals surface area contributed by atoms with Crippen molar-refractivity contribution in [3.63, 3.8) is 0 Å². The van der Waals surface area contributed by atoms with E-state index in [2.05, 4.69) is 9.47 Å². The number of ether oxygens (including phenoxy) is 2. The van der Waals surface area contributed by atoms with E-state index in [4.69, 9.17) is 2.74 Å². The van der Waals surface area contributed by atoms with Crippen molar-refractivity contribution in [3.8, 4) is 11.5 Å². The van der Waals surface area contributed by atoms with Crippen LogP contribution in [0.1, 0.15) is 43.5 Å². The van der Waals surface area contributed by atoms with Crippen LogP contribution in [0.3, 0.4) is 0 Å². The summed E-state index contributed by atoms with van der Waals surface area (Å²) in [5, 5.41) is 0. The molecule has 0 spiro atoms. The van der Waals surface area contributed by atoms with E-state index in [1.807, 2.05) is 0 Å². The first-order chi connectivity index (χ1) is 22.1. The normalized spacial score (nSPS) is 12.6. The Morgan fingerprint density at radius 2 is 0.978 bits per heavy atom. The average molecular weight is 680 g/mol. The Hall–Kier alpha value is -4.50. The van der Waals surface area contributed by atoms with E-state index in [-0.39, 0.29) is 25.1 Å². The minimum Gasteiger partial charge on any atom is -0.429 e. The summed E-state index contributed by atoms with van der Waals surface area (Å²) in [7, 11) is -0.250. The van der Waals surface area contributed by atoms with E-state index < -0.39 is 105 Å². The summed E-state index contributed by atoms with van der Waals surface area (Å²) in [4.78, 5) is 0. The SMILES string of the molecule is Cc1c(F)cc(OC(F)(F)c2c(F)cc(Cc3ccc(C(F)(F)Oc4cc(F)c(C(F)(F)F)c(F)c4)c(F)c3)cc2F)cc1F.[3H]C[3H]. The van der Waals surface area contributed by atoms with Crippen LogP contribution in [0.5, 0.6) is 11.5 Å². The molecule has 0 heterocycles. The van der Waals surface area contributed by atoms with Gasteiger partial charge in [-0.3, -0.25) is 0 Å². The maximum absolute atomic E-state index is 14.6. The fourth-order valence-electron chi connectivity index (χ4n) is 4.11. The second kappa shape index (κ2) is 12.7. The summed E-state index contributed by atoms with van der Waals surface area (Å²) in [6, 6.07) is 2.70. The topological polar surface area (TPSA) is 18.5 Å². The second-order valence-corrected chi connectivity index (χ2v) is 9.43. The molecule has 0 radical (unpaired) electrons.